The molecule has 0 radical (unpaired) electrons. The standard InChI is InChI=1S/C19H29N5O.HI/c1-6-20-19(22-13-17-14(3)23-24(5)15(17)4)21-12-16-10-8-9-11-18(16)25-7-2;/h8-11H,6-7,12-13H2,1-5H3,(H2,20,21,22);1H. The molecule has 0 bridgehead atoms. The average molecular weight is 471 g/mol. The van der Waals surface area contributed by atoms with Crippen LogP contribution in [0, 0.1) is 13.8 Å². The van der Waals surface area contributed by atoms with E-state index in [4.69, 9.17) is 9.73 Å². The summed E-state index contributed by atoms with van der Waals surface area (Å²) in [6.07, 6.45) is 0. The van der Waals surface area contributed by atoms with Crippen molar-refractivity contribution in [3.63, 3.8) is 0 Å². The molecule has 0 amide bonds. The molecule has 0 aliphatic rings. The molecule has 0 aliphatic heterocycles. The molecule has 26 heavy (non-hydrogen) atoms. The van der Waals surface area contributed by atoms with Gasteiger partial charge in [-0.3, -0.25) is 4.68 Å². The monoisotopic (exact) mass is 471 g/mol. The summed E-state index contributed by atoms with van der Waals surface area (Å²) in [6, 6.07) is 8.02. The summed E-state index contributed by atoms with van der Waals surface area (Å²) in [7, 11) is 1.97. The Balaban J connectivity index is 0.00000338. The highest BCUT2D eigenvalue weighted by atomic mass is 127. The van der Waals surface area contributed by atoms with Crippen LogP contribution < -0.4 is 15.4 Å². The Bertz CT molecular complexity index is 727. The third kappa shape index (κ3) is 5.89. The van der Waals surface area contributed by atoms with Gasteiger partial charge in [-0.15, -0.1) is 24.0 Å². The Morgan fingerprint density at radius 2 is 1.92 bits per heavy atom. The van der Waals surface area contributed by atoms with Crippen LogP contribution in [0.1, 0.15) is 36.4 Å². The number of guanidine groups is 1. The zero-order valence-electron chi connectivity index (χ0n) is 16.3. The van der Waals surface area contributed by atoms with E-state index >= 15 is 0 Å². The van der Waals surface area contributed by atoms with Crippen LogP contribution in [0.2, 0.25) is 0 Å². The van der Waals surface area contributed by atoms with Crippen molar-refractivity contribution in [1.29, 1.82) is 0 Å². The highest BCUT2D eigenvalue weighted by Crippen LogP contribution is 2.18. The van der Waals surface area contributed by atoms with Gasteiger partial charge in [-0.1, -0.05) is 18.2 Å². The van der Waals surface area contributed by atoms with E-state index < -0.39 is 0 Å². The minimum atomic E-state index is 0. The van der Waals surface area contributed by atoms with Crippen LogP contribution >= 0.6 is 24.0 Å². The molecule has 0 spiro atoms. The number of nitrogens with zero attached hydrogens (tertiary/aromatic N) is 3. The summed E-state index contributed by atoms with van der Waals surface area (Å²) in [6.45, 7) is 10.9. The average Bonchev–Trinajstić information content (AvgIpc) is 2.84. The van der Waals surface area contributed by atoms with Gasteiger partial charge in [-0.05, 0) is 33.8 Å². The molecule has 0 atom stereocenters. The first-order chi connectivity index (χ1) is 12.1. The lowest BCUT2D eigenvalue weighted by atomic mass is 10.2. The highest BCUT2D eigenvalue weighted by Gasteiger charge is 2.10. The number of hydrogen-bond acceptors (Lipinski definition) is 3. The van der Waals surface area contributed by atoms with Crippen LogP contribution in [0.25, 0.3) is 0 Å². The molecule has 144 valence electrons. The van der Waals surface area contributed by atoms with Gasteiger partial charge in [-0.25, -0.2) is 4.99 Å². The second-order valence-corrected chi connectivity index (χ2v) is 5.86. The zero-order valence-corrected chi connectivity index (χ0v) is 18.6. The molecule has 2 aromatic rings. The summed E-state index contributed by atoms with van der Waals surface area (Å²) in [5, 5.41) is 11.1. The summed E-state index contributed by atoms with van der Waals surface area (Å²) < 4.78 is 7.58. The maximum absolute atomic E-state index is 5.67. The summed E-state index contributed by atoms with van der Waals surface area (Å²) in [5.74, 6) is 1.68. The van der Waals surface area contributed by atoms with Crippen molar-refractivity contribution >= 4 is 29.9 Å². The fraction of sp³-hybridized carbons (Fsp3) is 0.474. The second-order valence-electron chi connectivity index (χ2n) is 5.86. The molecule has 0 fully saturated rings. The molecule has 0 aliphatic carbocycles. The Morgan fingerprint density at radius 1 is 1.19 bits per heavy atom. The van der Waals surface area contributed by atoms with E-state index in [2.05, 4.69) is 29.6 Å². The van der Waals surface area contributed by atoms with Crippen LogP contribution in [0.3, 0.4) is 0 Å². The first-order valence-electron chi connectivity index (χ1n) is 8.78. The lowest BCUT2D eigenvalue weighted by molar-refractivity contribution is 0.336. The van der Waals surface area contributed by atoms with E-state index in [0.29, 0.717) is 19.7 Å². The normalized spacial score (nSPS) is 11.0. The molecule has 0 saturated heterocycles. The lowest BCUT2D eigenvalue weighted by Gasteiger charge is -2.13. The molecule has 1 heterocycles. The van der Waals surface area contributed by atoms with Crippen molar-refractivity contribution in [2.75, 3.05) is 13.2 Å². The van der Waals surface area contributed by atoms with Crippen molar-refractivity contribution in [1.82, 2.24) is 20.4 Å². The predicted molar refractivity (Wildman–Crippen MR) is 117 cm³/mol. The number of benzene rings is 1. The largest absolute Gasteiger partial charge is 0.494 e. The number of halogens is 1. The van der Waals surface area contributed by atoms with Crippen LogP contribution in [-0.4, -0.2) is 28.9 Å². The SMILES string of the molecule is CCNC(=NCc1ccccc1OCC)NCc1c(C)nn(C)c1C.I. The molecular weight excluding hydrogens is 441 g/mol. The van der Waals surface area contributed by atoms with Crippen molar-refractivity contribution in [2.24, 2.45) is 12.0 Å². The molecule has 0 saturated carbocycles. The fourth-order valence-electron chi connectivity index (χ4n) is 2.68. The quantitative estimate of drug-likeness (QED) is 0.370. The number of nitrogens with one attached hydrogen (secondary N) is 2. The molecule has 1 aromatic heterocycles. The molecule has 2 rings (SSSR count). The van der Waals surface area contributed by atoms with E-state index in [-0.39, 0.29) is 24.0 Å². The van der Waals surface area contributed by atoms with Crippen LogP contribution in [0.5, 0.6) is 5.75 Å². The second kappa shape index (κ2) is 11.1. The number of ether oxygens (including phenoxy) is 1. The third-order valence-electron chi connectivity index (χ3n) is 4.12. The number of rotatable bonds is 7. The minimum Gasteiger partial charge on any atom is -0.494 e. The van der Waals surface area contributed by atoms with E-state index in [1.807, 2.05) is 49.8 Å². The third-order valence-corrected chi connectivity index (χ3v) is 4.12. The number of para-hydroxylation sites is 1. The van der Waals surface area contributed by atoms with Gasteiger partial charge >= 0.3 is 0 Å². The van der Waals surface area contributed by atoms with Gasteiger partial charge in [-0.2, -0.15) is 5.10 Å². The number of aliphatic imine (C=N–C) groups is 1. The molecule has 7 heteroatoms. The summed E-state index contributed by atoms with van der Waals surface area (Å²) >= 11 is 0. The van der Waals surface area contributed by atoms with Crippen molar-refractivity contribution in [2.45, 2.75) is 40.8 Å². The van der Waals surface area contributed by atoms with Crippen LogP contribution in [0.4, 0.5) is 0 Å². The Kier molecular flexibility index (Phi) is 9.47. The van der Waals surface area contributed by atoms with Crippen molar-refractivity contribution in [3.8, 4) is 5.75 Å². The van der Waals surface area contributed by atoms with Crippen molar-refractivity contribution in [3.05, 3.63) is 46.8 Å². The summed E-state index contributed by atoms with van der Waals surface area (Å²) in [4.78, 5) is 4.70. The molecule has 0 unspecified atom stereocenters. The smallest absolute Gasteiger partial charge is 0.191 e. The van der Waals surface area contributed by atoms with Gasteiger partial charge in [0.1, 0.15) is 5.75 Å². The number of hydrogen-bond donors (Lipinski definition) is 2. The number of aryl methyl sites for hydroxylation is 2. The van der Waals surface area contributed by atoms with E-state index in [1.165, 1.54) is 11.3 Å². The minimum absolute atomic E-state index is 0. The highest BCUT2D eigenvalue weighted by molar-refractivity contribution is 14.0. The maximum atomic E-state index is 5.67. The van der Waals surface area contributed by atoms with Gasteiger partial charge in [0, 0.05) is 37.0 Å². The van der Waals surface area contributed by atoms with E-state index in [0.717, 1.165) is 29.5 Å². The first kappa shape index (κ1) is 22.3. The molecule has 1 aromatic carbocycles. The van der Waals surface area contributed by atoms with Crippen LogP contribution in [0.15, 0.2) is 29.3 Å². The molecular formula is C19H30IN5O. The Hall–Kier alpha value is -1.77. The fourth-order valence-corrected chi connectivity index (χ4v) is 2.68. The molecule has 2 N–H and O–H groups in total. The van der Waals surface area contributed by atoms with E-state index in [9.17, 15) is 0 Å². The van der Waals surface area contributed by atoms with Gasteiger partial charge in [0.15, 0.2) is 5.96 Å². The Labute approximate surface area is 173 Å². The predicted octanol–water partition coefficient (Wildman–Crippen LogP) is 3.31. The van der Waals surface area contributed by atoms with Gasteiger partial charge in [0.25, 0.3) is 0 Å². The lowest BCUT2D eigenvalue weighted by Crippen LogP contribution is -2.37. The number of aromatic nitrogens is 2. The summed E-state index contributed by atoms with van der Waals surface area (Å²) in [5.41, 5.74) is 4.51. The van der Waals surface area contributed by atoms with Crippen molar-refractivity contribution < 1.29 is 4.74 Å². The topological polar surface area (TPSA) is 63.5 Å². The van der Waals surface area contributed by atoms with Gasteiger partial charge in [0.05, 0.1) is 18.8 Å². The van der Waals surface area contributed by atoms with Crippen LogP contribution in [-0.2, 0) is 20.1 Å². The van der Waals surface area contributed by atoms with E-state index in [1.54, 1.807) is 0 Å². The van der Waals surface area contributed by atoms with Gasteiger partial charge < -0.3 is 15.4 Å². The zero-order chi connectivity index (χ0) is 18.2. The molecule has 6 nitrogen and oxygen atoms in total. The maximum Gasteiger partial charge on any atom is 0.191 e. The first-order valence-corrected chi connectivity index (χ1v) is 8.78. The van der Waals surface area contributed by atoms with Gasteiger partial charge in [0.2, 0.25) is 0 Å². The Morgan fingerprint density at radius 3 is 2.54 bits per heavy atom.